The second-order valence-corrected chi connectivity index (χ2v) is 6.23. The zero-order chi connectivity index (χ0) is 16.6. The van der Waals surface area contributed by atoms with Gasteiger partial charge in [0.05, 0.1) is 11.9 Å². The summed E-state index contributed by atoms with van der Waals surface area (Å²) in [6.45, 7) is 0. The fourth-order valence-corrected chi connectivity index (χ4v) is 2.65. The lowest BCUT2D eigenvalue weighted by Gasteiger charge is -2.16. The molecule has 0 aliphatic rings. The third-order valence-electron chi connectivity index (χ3n) is 2.85. The summed E-state index contributed by atoms with van der Waals surface area (Å²) in [5, 5.41) is 6.25. The van der Waals surface area contributed by atoms with Gasteiger partial charge in [0, 0.05) is 20.9 Å². The number of halogens is 3. The summed E-state index contributed by atoms with van der Waals surface area (Å²) in [4.78, 5) is 3.95. The molecule has 0 radical (unpaired) electrons. The van der Waals surface area contributed by atoms with E-state index in [1.165, 1.54) is 24.4 Å². The monoisotopic (exact) mass is 450 g/mol. The summed E-state index contributed by atoms with van der Waals surface area (Å²) in [5.41, 5.74) is -0.271. The van der Waals surface area contributed by atoms with E-state index < -0.39 is 23.0 Å². The van der Waals surface area contributed by atoms with Gasteiger partial charge in [-0.1, -0.05) is 0 Å². The van der Waals surface area contributed by atoms with E-state index in [1.54, 1.807) is 6.07 Å². The zero-order valence-corrected chi connectivity index (χ0v) is 14.1. The highest BCUT2D eigenvalue weighted by atomic mass is 127. The summed E-state index contributed by atoms with van der Waals surface area (Å²) in [7, 11) is 0. The fourth-order valence-electron chi connectivity index (χ4n) is 1.90. The molecule has 0 spiro atoms. The largest absolute Gasteiger partial charge is 0.755 e. The van der Waals surface area contributed by atoms with Crippen molar-refractivity contribution in [1.29, 1.82) is 0 Å². The van der Waals surface area contributed by atoms with Crippen LogP contribution in [0.3, 0.4) is 0 Å². The van der Waals surface area contributed by atoms with E-state index in [0.29, 0.717) is 3.57 Å². The number of hydrogen-bond acceptors (Lipinski definition) is 5. The maximum Gasteiger partial charge on any atom is 0.243 e. The van der Waals surface area contributed by atoms with Crippen LogP contribution in [0.15, 0.2) is 30.5 Å². The van der Waals surface area contributed by atoms with E-state index in [4.69, 9.17) is 0 Å². The molecule has 1 unspecified atom stereocenters. The van der Waals surface area contributed by atoms with Crippen molar-refractivity contribution in [2.75, 3.05) is 10.0 Å². The normalized spacial score (nSPS) is 12.3. The second-order valence-electron chi connectivity index (χ2n) is 4.31. The lowest BCUT2D eigenvalue weighted by Crippen LogP contribution is -2.12. The minimum absolute atomic E-state index is 0.0302. The third kappa shape index (κ3) is 3.25. The van der Waals surface area contributed by atoms with E-state index in [2.05, 4.69) is 15.4 Å². The maximum absolute atomic E-state index is 14.5. The smallest absolute Gasteiger partial charge is 0.243 e. The van der Waals surface area contributed by atoms with E-state index >= 15 is 0 Å². The van der Waals surface area contributed by atoms with Gasteiger partial charge in [0.1, 0.15) is 11.5 Å². The first-order valence-corrected chi connectivity index (χ1v) is 8.22. The molecular weight excluding hydrogens is 443 g/mol. The highest BCUT2D eigenvalue weighted by molar-refractivity contribution is 14.1. The Bertz CT molecular complexity index is 920. The van der Waals surface area contributed by atoms with Crippen molar-refractivity contribution in [2.24, 2.45) is 0 Å². The van der Waals surface area contributed by atoms with Crippen molar-refractivity contribution >= 4 is 56.7 Å². The Morgan fingerprint density at radius 1 is 1.30 bits per heavy atom. The van der Waals surface area contributed by atoms with Crippen molar-refractivity contribution in [3.63, 3.8) is 0 Å². The quantitative estimate of drug-likeness (QED) is 0.362. The molecule has 11 heteroatoms. The number of nitrogens with one attached hydrogen (secondary N) is 2. The zero-order valence-electron chi connectivity index (χ0n) is 11.1. The number of rotatable bonds is 4. The van der Waals surface area contributed by atoms with Gasteiger partial charge in [0.15, 0.2) is 11.5 Å². The molecule has 2 N–H and O–H groups in total. The van der Waals surface area contributed by atoms with Gasteiger partial charge in [-0.2, -0.15) is 14.0 Å². The molecule has 23 heavy (non-hydrogen) atoms. The van der Waals surface area contributed by atoms with E-state index in [-0.39, 0.29) is 22.8 Å². The van der Waals surface area contributed by atoms with Crippen LogP contribution in [0.2, 0.25) is 0 Å². The average Bonchev–Trinajstić information content (AvgIpc) is 2.93. The molecule has 120 valence electrons. The van der Waals surface area contributed by atoms with Gasteiger partial charge >= 0.3 is 0 Å². The van der Waals surface area contributed by atoms with E-state index in [0.717, 1.165) is 4.52 Å². The number of anilines is 3. The minimum atomic E-state index is -2.73. The fraction of sp³-hybridized carbons (Fsp3) is 0. The standard InChI is InChI=1S/C12H8F2IN5O2S/c13-7-5-6(15)1-2-8(7)17-10-11(14)20-9(3-4-16-20)18-12(10)19-23(21)22/h1-5,17H,(H,18,19)(H,21,22)/p-1. The lowest BCUT2D eigenvalue weighted by atomic mass is 10.3. The van der Waals surface area contributed by atoms with Crippen molar-refractivity contribution in [1.82, 2.24) is 14.6 Å². The second kappa shape index (κ2) is 6.33. The molecule has 3 rings (SSSR count). The first-order chi connectivity index (χ1) is 11.0. The van der Waals surface area contributed by atoms with Crippen molar-refractivity contribution in [2.45, 2.75) is 0 Å². The number of hydrogen-bond donors (Lipinski definition) is 2. The molecule has 2 aromatic heterocycles. The molecular formula is C12H7F2IN5O2S-. The Hall–Kier alpha value is -1.86. The van der Waals surface area contributed by atoms with Gasteiger partial charge in [-0.15, -0.1) is 0 Å². The summed E-state index contributed by atoms with van der Waals surface area (Å²) in [5.74, 6) is -1.83. The SMILES string of the molecule is O=S([O-])Nc1nc2ccnn2c(F)c1Nc1ccc(I)cc1F. The Labute approximate surface area is 144 Å². The van der Waals surface area contributed by atoms with Crippen molar-refractivity contribution in [3.05, 3.63) is 45.8 Å². The van der Waals surface area contributed by atoms with E-state index in [1.807, 2.05) is 27.3 Å². The molecule has 1 atom stereocenters. The van der Waals surface area contributed by atoms with Crippen molar-refractivity contribution < 1.29 is 17.5 Å². The number of fused-ring (bicyclic) bond motifs is 1. The molecule has 0 amide bonds. The van der Waals surface area contributed by atoms with Gasteiger partial charge in [-0.25, -0.2) is 9.37 Å². The van der Waals surface area contributed by atoms with Gasteiger partial charge in [0.2, 0.25) is 5.95 Å². The van der Waals surface area contributed by atoms with Crippen LogP contribution in [0.4, 0.5) is 26.0 Å². The summed E-state index contributed by atoms with van der Waals surface area (Å²) in [6.07, 6.45) is 1.30. The molecule has 1 aromatic carbocycles. The molecule has 3 aromatic rings. The summed E-state index contributed by atoms with van der Waals surface area (Å²) < 4.78 is 53.7. The van der Waals surface area contributed by atoms with Crippen LogP contribution in [0.5, 0.6) is 0 Å². The van der Waals surface area contributed by atoms with Crippen LogP contribution >= 0.6 is 22.6 Å². The molecule has 0 aliphatic heterocycles. The topological polar surface area (TPSA) is 94.4 Å². The molecule has 0 fully saturated rings. The van der Waals surface area contributed by atoms with Crippen molar-refractivity contribution in [3.8, 4) is 0 Å². The molecule has 0 aliphatic carbocycles. The predicted octanol–water partition coefficient (Wildman–Crippen LogP) is 2.56. The average molecular weight is 450 g/mol. The number of aromatic nitrogens is 3. The Morgan fingerprint density at radius 2 is 2.09 bits per heavy atom. The Morgan fingerprint density at radius 3 is 2.78 bits per heavy atom. The van der Waals surface area contributed by atoms with Crippen LogP contribution in [-0.4, -0.2) is 23.4 Å². The highest BCUT2D eigenvalue weighted by Crippen LogP contribution is 2.29. The van der Waals surface area contributed by atoms with Gasteiger partial charge in [-0.3, -0.25) is 8.93 Å². The molecule has 0 saturated heterocycles. The first-order valence-electron chi connectivity index (χ1n) is 6.07. The van der Waals surface area contributed by atoms with Crippen LogP contribution < -0.4 is 10.0 Å². The molecule has 0 saturated carbocycles. The maximum atomic E-state index is 14.5. The summed E-state index contributed by atoms with van der Waals surface area (Å²) >= 11 is -0.796. The van der Waals surface area contributed by atoms with Gasteiger partial charge in [0.25, 0.3) is 0 Å². The van der Waals surface area contributed by atoms with Gasteiger partial charge < -0.3 is 9.87 Å². The molecule has 7 nitrogen and oxygen atoms in total. The minimum Gasteiger partial charge on any atom is -0.755 e. The molecule has 0 bridgehead atoms. The lowest BCUT2D eigenvalue weighted by molar-refractivity contribution is 0.540. The van der Waals surface area contributed by atoms with E-state index in [9.17, 15) is 17.5 Å². The third-order valence-corrected chi connectivity index (χ3v) is 3.88. The predicted molar refractivity (Wildman–Crippen MR) is 87.9 cm³/mol. The van der Waals surface area contributed by atoms with Crippen LogP contribution in [0, 0.1) is 15.3 Å². The number of benzene rings is 1. The number of nitrogens with zero attached hydrogens (tertiary/aromatic N) is 3. The van der Waals surface area contributed by atoms with Crippen LogP contribution in [0.1, 0.15) is 0 Å². The first kappa shape index (κ1) is 16.0. The Balaban J connectivity index is 2.13. The van der Waals surface area contributed by atoms with Gasteiger partial charge in [-0.05, 0) is 40.8 Å². The Kier molecular flexibility index (Phi) is 4.41. The van der Waals surface area contributed by atoms with Crippen LogP contribution in [-0.2, 0) is 11.3 Å². The highest BCUT2D eigenvalue weighted by Gasteiger charge is 2.18. The van der Waals surface area contributed by atoms with Crippen LogP contribution in [0.25, 0.3) is 5.65 Å². The molecule has 2 heterocycles. The summed E-state index contributed by atoms with van der Waals surface area (Å²) in [6, 6.07) is 5.67.